The van der Waals surface area contributed by atoms with Crippen molar-refractivity contribution in [1.82, 2.24) is 39.6 Å². The summed E-state index contributed by atoms with van der Waals surface area (Å²) >= 11 is 0. The topological polar surface area (TPSA) is 138 Å². The van der Waals surface area contributed by atoms with Crippen molar-refractivity contribution in [2.45, 2.75) is 90.3 Å². The summed E-state index contributed by atoms with van der Waals surface area (Å²) in [6.45, 7) is 16.1. The van der Waals surface area contributed by atoms with E-state index >= 15 is 0 Å². The van der Waals surface area contributed by atoms with E-state index in [2.05, 4.69) is 72.1 Å². The Kier molecular flexibility index (Phi) is 4.24. The summed E-state index contributed by atoms with van der Waals surface area (Å²) in [5.41, 5.74) is 3.72. The average molecular weight is 439 g/mol. The number of aromatic amines is 2. The van der Waals surface area contributed by atoms with Crippen LogP contribution in [0.25, 0.3) is 11.3 Å². The van der Waals surface area contributed by atoms with E-state index in [1.165, 1.54) is 0 Å². The molecule has 1 fully saturated rings. The monoisotopic (exact) mass is 438 g/mol. The van der Waals surface area contributed by atoms with E-state index < -0.39 is 24.0 Å². The molecule has 0 radical (unpaired) electrons. The highest BCUT2D eigenvalue weighted by Gasteiger charge is 2.46. The third kappa shape index (κ3) is 2.72. The maximum Gasteiger partial charge on any atom is 0.180 e. The van der Waals surface area contributed by atoms with Crippen LogP contribution in [0.1, 0.15) is 87.5 Å². The van der Waals surface area contributed by atoms with E-state index in [9.17, 15) is 10.2 Å². The molecule has 10 nitrogen and oxygen atoms in total. The lowest BCUT2D eigenvalue weighted by molar-refractivity contribution is -0.536. The van der Waals surface area contributed by atoms with Gasteiger partial charge in [0.15, 0.2) is 11.3 Å². The fraction of sp³-hybridized carbons (Fsp3) is 0.636. The average Bonchev–Trinajstić information content (AvgIpc) is 3.40. The molecule has 1 aliphatic rings. The van der Waals surface area contributed by atoms with E-state index in [1.807, 2.05) is 13.8 Å². The zero-order chi connectivity index (χ0) is 23.3. The molecule has 4 heterocycles. The molecule has 32 heavy (non-hydrogen) atoms. The van der Waals surface area contributed by atoms with E-state index in [-0.39, 0.29) is 10.8 Å². The van der Waals surface area contributed by atoms with E-state index in [0.717, 1.165) is 11.4 Å². The van der Waals surface area contributed by atoms with Crippen LogP contribution in [0.15, 0.2) is 0 Å². The molecule has 4 aromatic rings. The first-order chi connectivity index (χ1) is 14.8. The van der Waals surface area contributed by atoms with Crippen LogP contribution in [-0.2, 0) is 10.8 Å². The van der Waals surface area contributed by atoms with Gasteiger partial charge in [0.05, 0.1) is 0 Å². The van der Waals surface area contributed by atoms with Crippen molar-refractivity contribution in [2.75, 3.05) is 0 Å². The van der Waals surface area contributed by atoms with Crippen LogP contribution < -0.4 is 10.2 Å². The fourth-order valence-electron chi connectivity index (χ4n) is 5.02. The smallest absolute Gasteiger partial charge is 0.180 e. The van der Waals surface area contributed by atoms with Crippen molar-refractivity contribution in [2.24, 2.45) is 0 Å². The van der Waals surface area contributed by atoms with Crippen molar-refractivity contribution in [1.29, 1.82) is 0 Å². The van der Waals surface area contributed by atoms with Crippen molar-refractivity contribution < 1.29 is 10.2 Å². The minimum Gasteiger partial charge on any atom is -0.851 e. The van der Waals surface area contributed by atoms with Gasteiger partial charge in [0.1, 0.15) is 11.6 Å². The summed E-state index contributed by atoms with van der Waals surface area (Å²) in [4.78, 5) is 0. The standard InChI is InChI=1S/C22H30N8O2/c1-9-23-25-19-13(17(21(3,4)5)27-29(9)19)11-15(31)12(16(11)32)14-18(22(6,7)8)28-30-10(2)24-26-20(14)30/h11-12,15-16,27-28H,1-8H3/q-2. The molecular weight excluding hydrogens is 408 g/mol. The first-order valence-electron chi connectivity index (χ1n) is 11.0. The van der Waals surface area contributed by atoms with E-state index in [0.29, 0.717) is 34.1 Å². The van der Waals surface area contributed by atoms with Gasteiger partial charge in [0.25, 0.3) is 0 Å². The molecule has 0 atom stereocenters. The molecule has 10 heteroatoms. The van der Waals surface area contributed by atoms with Gasteiger partial charge in [-0.2, -0.15) is 0 Å². The Morgan fingerprint density at radius 3 is 1.31 bits per heavy atom. The van der Waals surface area contributed by atoms with Crippen LogP contribution in [0, 0.1) is 13.8 Å². The van der Waals surface area contributed by atoms with Gasteiger partial charge in [-0.25, -0.2) is 9.03 Å². The Morgan fingerprint density at radius 2 is 1.00 bits per heavy atom. The van der Waals surface area contributed by atoms with Gasteiger partial charge in [-0.3, -0.25) is 10.2 Å². The molecule has 5 rings (SSSR count). The van der Waals surface area contributed by atoms with Crippen molar-refractivity contribution in [3.8, 4) is 0 Å². The number of fused-ring (bicyclic) bond motifs is 2. The Bertz CT molecular complexity index is 1220. The molecule has 172 valence electrons. The molecule has 0 amide bonds. The lowest BCUT2D eigenvalue weighted by atomic mass is 9.61. The maximum atomic E-state index is 13.8. The molecular formula is C22H30N8O2-2. The second-order valence-corrected chi connectivity index (χ2v) is 11.1. The maximum absolute atomic E-state index is 13.8. The minimum absolute atomic E-state index is 0.283. The number of rotatable bonds is 2. The largest absolute Gasteiger partial charge is 0.851 e. The zero-order valence-corrected chi connectivity index (χ0v) is 19.8. The lowest BCUT2D eigenvalue weighted by Crippen LogP contribution is -2.64. The van der Waals surface area contributed by atoms with Crippen LogP contribution in [0.3, 0.4) is 0 Å². The Hall–Kier alpha value is -2.72. The highest BCUT2D eigenvalue weighted by atomic mass is 16.3. The van der Waals surface area contributed by atoms with Crippen LogP contribution in [-0.4, -0.2) is 51.8 Å². The van der Waals surface area contributed by atoms with E-state index in [1.54, 1.807) is 9.03 Å². The van der Waals surface area contributed by atoms with Gasteiger partial charge in [-0.15, -0.1) is 32.6 Å². The van der Waals surface area contributed by atoms with Gasteiger partial charge < -0.3 is 10.2 Å². The van der Waals surface area contributed by atoms with Crippen molar-refractivity contribution in [3.05, 3.63) is 34.2 Å². The summed E-state index contributed by atoms with van der Waals surface area (Å²) in [5, 5.41) is 51.1. The van der Waals surface area contributed by atoms with Gasteiger partial charge in [-0.05, 0) is 25.7 Å². The van der Waals surface area contributed by atoms with Gasteiger partial charge in [0.2, 0.25) is 0 Å². The lowest BCUT2D eigenvalue weighted by Gasteiger charge is -2.61. The third-order valence-electron chi connectivity index (χ3n) is 6.70. The first kappa shape index (κ1) is 21.1. The van der Waals surface area contributed by atoms with Gasteiger partial charge in [-0.1, -0.05) is 41.5 Å². The second-order valence-electron chi connectivity index (χ2n) is 11.1. The number of nitrogens with one attached hydrogen (secondary N) is 2. The van der Waals surface area contributed by atoms with Gasteiger partial charge >= 0.3 is 0 Å². The number of nitrogens with zero attached hydrogens (tertiary/aromatic N) is 6. The zero-order valence-electron chi connectivity index (χ0n) is 19.8. The molecule has 0 bridgehead atoms. The molecule has 0 spiro atoms. The normalized spacial score (nSPS) is 24.6. The Labute approximate surface area is 186 Å². The van der Waals surface area contributed by atoms with Crippen LogP contribution in [0.5, 0.6) is 0 Å². The molecule has 0 unspecified atom stereocenters. The number of H-pyrrole nitrogens is 2. The molecule has 4 aromatic heterocycles. The Morgan fingerprint density at radius 1 is 0.656 bits per heavy atom. The van der Waals surface area contributed by atoms with E-state index in [4.69, 9.17) is 0 Å². The summed E-state index contributed by atoms with van der Waals surface area (Å²) in [5.74, 6) is -0.0330. The van der Waals surface area contributed by atoms with Crippen molar-refractivity contribution in [3.63, 3.8) is 0 Å². The number of hydrogen-bond donors (Lipinski definition) is 2. The molecule has 0 aromatic carbocycles. The van der Waals surface area contributed by atoms with Crippen LogP contribution in [0.2, 0.25) is 0 Å². The molecule has 2 N–H and O–H groups in total. The summed E-state index contributed by atoms with van der Waals surface area (Å²) in [7, 11) is 0. The molecule has 1 aliphatic carbocycles. The minimum atomic E-state index is -1.12. The molecule has 0 saturated heterocycles. The molecule has 0 aliphatic heterocycles. The van der Waals surface area contributed by atoms with Crippen LogP contribution in [0.4, 0.5) is 0 Å². The summed E-state index contributed by atoms with van der Waals surface area (Å²) in [6, 6.07) is 0. The number of aromatic nitrogens is 8. The quantitative estimate of drug-likeness (QED) is 0.478. The van der Waals surface area contributed by atoms with Gasteiger partial charge in [0, 0.05) is 33.3 Å². The number of aryl methyl sites for hydroxylation is 2. The molecule has 1 saturated carbocycles. The SMILES string of the molecule is Cc1nnc2c(C3C([O-])C(c4c(C(C)(C)C)[nH]n5c(C)nnc45)C3[O-])c(C(C)(C)C)[nH]n12. The highest BCUT2D eigenvalue weighted by molar-refractivity contribution is 5.61. The third-order valence-corrected chi connectivity index (χ3v) is 6.70. The predicted molar refractivity (Wildman–Crippen MR) is 115 cm³/mol. The first-order valence-corrected chi connectivity index (χ1v) is 11.0. The number of hydrogen-bond acceptors (Lipinski definition) is 6. The predicted octanol–water partition coefficient (Wildman–Crippen LogP) is 0.979. The second kappa shape index (κ2) is 6.41. The summed E-state index contributed by atoms with van der Waals surface area (Å²) in [6.07, 6.45) is -2.24. The highest BCUT2D eigenvalue weighted by Crippen LogP contribution is 2.51. The Balaban J connectivity index is 1.65. The van der Waals surface area contributed by atoms with Crippen molar-refractivity contribution >= 4 is 11.3 Å². The van der Waals surface area contributed by atoms with Crippen LogP contribution >= 0.6 is 0 Å². The summed E-state index contributed by atoms with van der Waals surface area (Å²) < 4.78 is 3.55. The fourth-order valence-corrected chi connectivity index (χ4v) is 5.02.